The summed E-state index contributed by atoms with van der Waals surface area (Å²) >= 11 is 0. The predicted molar refractivity (Wildman–Crippen MR) is 127 cm³/mol. The number of piperidine rings is 1. The maximum atomic E-state index is 13.6. The van der Waals surface area contributed by atoms with Crippen LogP contribution in [0.3, 0.4) is 0 Å². The summed E-state index contributed by atoms with van der Waals surface area (Å²) < 4.78 is 30.3. The lowest BCUT2D eigenvalue weighted by Crippen LogP contribution is -2.65. The van der Waals surface area contributed by atoms with Gasteiger partial charge >= 0.3 is 0 Å². The van der Waals surface area contributed by atoms with E-state index in [1.54, 1.807) is 44.3 Å². The Balaban J connectivity index is 1.65. The molecule has 2 aliphatic heterocycles. The molecule has 34 heavy (non-hydrogen) atoms. The molecule has 2 saturated heterocycles. The lowest BCUT2D eigenvalue weighted by atomic mass is 9.94. The van der Waals surface area contributed by atoms with Gasteiger partial charge in [0.15, 0.2) is 15.4 Å². The molecule has 0 radical (unpaired) electrons. The van der Waals surface area contributed by atoms with Crippen LogP contribution in [0.2, 0.25) is 0 Å². The van der Waals surface area contributed by atoms with Crippen LogP contribution in [0.25, 0.3) is 0 Å². The fourth-order valence-electron chi connectivity index (χ4n) is 5.02. The Morgan fingerprint density at radius 3 is 2.62 bits per heavy atom. The van der Waals surface area contributed by atoms with Gasteiger partial charge in [-0.15, -0.1) is 0 Å². The summed E-state index contributed by atoms with van der Waals surface area (Å²) in [5.41, 5.74) is 3.82. The van der Waals surface area contributed by atoms with E-state index in [1.165, 1.54) is 12.1 Å². The number of sulfone groups is 1. The van der Waals surface area contributed by atoms with E-state index in [0.717, 1.165) is 25.5 Å². The highest BCUT2D eigenvalue weighted by molar-refractivity contribution is 7.90. The Hall–Kier alpha value is -3.14. The van der Waals surface area contributed by atoms with Gasteiger partial charge in [0.25, 0.3) is 11.8 Å². The first-order chi connectivity index (χ1) is 15.9. The number of ether oxygens (including phenoxy) is 1. The number of hydrogen-bond acceptors (Lipinski definition) is 7. The first-order valence-corrected chi connectivity index (χ1v) is 13.2. The van der Waals surface area contributed by atoms with Crippen molar-refractivity contribution in [2.75, 3.05) is 11.2 Å². The number of amides is 2. The Morgan fingerprint density at radius 1 is 1.18 bits per heavy atom. The number of carbonyl (C=O) groups is 2. The third-order valence-corrected chi connectivity index (χ3v) is 7.77. The number of aromatic nitrogens is 1. The number of benzene rings is 1. The summed E-state index contributed by atoms with van der Waals surface area (Å²) in [6.07, 6.45) is 6.76. The summed E-state index contributed by atoms with van der Waals surface area (Å²) in [5.74, 6) is -0.373. The van der Waals surface area contributed by atoms with E-state index in [4.69, 9.17) is 10.5 Å². The van der Waals surface area contributed by atoms with Crippen LogP contribution in [-0.2, 0) is 14.6 Å². The van der Waals surface area contributed by atoms with Gasteiger partial charge < -0.3 is 20.7 Å². The molecule has 0 saturated carbocycles. The number of carbonyl (C=O) groups excluding carboxylic acids is 2. The van der Waals surface area contributed by atoms with Gasteiger partial charge in [-0.05, 0) is 70.2 Å². The monoisotopic (exact) mass is 486 g/mol. The first-order valence-electron chi connectivity index (χ1n) is 11.3. The van der Waals surface area contributed by atoms with Gasteiger partial charge in [-0.1, -0.05) is 12.1 Å². The van der Waals surface area contributed by atoms with Crippen molar-refractivity contribution in [1.82, 2.24) is 10.3 Å². The van der Waals surface area contributed by atoms with Crippen LogP contribution in [0.15, 0.2) is 47.5 Å². The van der Waals surface area contributed by atoms with E-state index < -0.39 is 27.0 Å². The fourth-order valence-corrected chi connectivity index (χ4v) is 5.82. The lowest BCUT2D eigenvalue weighted by Gasteiger charge is -2.47. The second-order valence-electron chi connectivity index (χ2n) is 9.51. The Bertz CT molecular complexity index is 1230. The molecule has 182 valence electrons. The average molecular weight is 487 g/mol. The number of rotatable bonds is 7. The number of nitrogens with two attached hydrogens (primary N) is 1. The summed E-state index contributed by atoms with van der Waals surface area (Å²) in [6, 6.07) is 9.69. The van der Waals surface area contributed by atoms with Crippen molar-refractivity contribution in [1.29, 1.82) is 0 Å². The molecule has 2 amide bonds. The smallest absolute Gasteiger partial charge is 0.265 e. The average Bonchev–Trinajstić information content (AvgIpc) is 2.97. The first kappa shape index (κ1) is 24.0. The Kier molecular flexibility index (Phi) is 6.05. The highest BCUT2D eigenvalue weighted by atomic mass is 32.2. The van der Waals surface area contributed by atoms with Crippen LogP contribution in [0.4, 0.5) is 5.82 Å². The Labute approximate surface area is 199 Å². The number of hydrogen-bond donors (Lipinski definition) is 2. The lowest BCUT2D eigenvalue weighted by molar-refractivity contribution is -0.136. The van der Waals surface area contributed by atoms with E-state index in [2.05, 4.69) is 10.3 Å². The minimum Gasteiger partial charge on any atom is -0.477 e. The van der Waals surface area contributed by atoms with Crippen LogP contribution in [-0.4, -0.2) is 48.8 Å². The van der Waals surface area contributed by atoms with Crippen LogP contribution >= 0.6 is 0 Å². The maximum absolute atomic E-state index is 13.6. The number of pyridine rings is 1. The minimum atomic E-state index is -3.54. The number of nitrogens with zero attached hydrogens (tertiary/aromatic N) is 2. The highest BCUT2D eigenvalue weighted by Gasteiger charge is 2.52. The normalized spacial score (nSPS) is 22.3. The quantitative estimate of drug-likeness (QED) is 0.614. The van der Waals surface area contributed by atoms with Crippen LogP contribution in [0.1, 0.15) is 56.3 Å². The molecule has 9 nitrogen and oxygen atoms in total. The van der Waals surface area contributed by atoms with Crippen LogP contribution < -0.4 is 20.7 Å². The van der Waals surface area contributed by atoms with E-state index in [-0.39, 0.29) is 22.6 Å². The molecule has 2 aliphatic rings. The van der Waals surface area contributed by atoms with Crippen molar-refractivity contribution >= 4 is 27.5 Å². The van der Waals surface area contributed by atoms with Gasteiger partial charge in [0.05, 0.1) is 5.56 Å². The third-order valence-electron chi connectivity index (χ3n) is 6.63. The van der Waals surface area contributed by atoms with Crippen molar-refractivity contribution in [3.8, 4) is 5.75 Å². The fraction of sp³-hybridized carbons (Fsp3) is 0.458. The summed E-state index contributed by atoms with van der Waals surface area (Å²) in [4.78, 5) is 32.2. The van der Waals surface area contributed by atoms with Gasteiger partial charge in [-0.3, -0.25) is 9.59 Å². The van der Waals surface area contributed by atoms with Gasteiger partial charge in [0, 0.05) is 18.5 Å². The molecule has 4 rings (SSSR count). The van der Waals surface area contributed by atoms with E-state index in [1.807, 2.05) is 4.90 Å². The molecule has 2 unspecified atom stereocenters. The molecular weight excluding hydrogens is 456 g/mol. The van der Waals surface area contributed by atoms with Crippen LogP contribution in [0.5, 0.6) is 5.75 Å². The predicted octanol–water partition coefficient (Wildman–Crippen LogP) is 2.41. The van der Waals surface area contributed by atoms with Gasteiger partial charge in [0.1, 0.15) is 22.1 Å². The van der Waals surface area contributed by atoms with Gasteiger partial charge in [-0.2, -0.15) is 0 Å². The number of primary amides is 1. The number of fused-ring (bicyclic) bond motifs is 2. The standard InChI is InChI=1S/C24H30N4O5S/c1-23(2,33-18-10-4-5-11-19(18)34(3,31)32)22(30)27-24-13-6-8-16(12-14-24)28(24)21-17(20(25)29)9-7-15-26-21/h4-5,7,9-11,15-16H,6,8,12-14H2,1-3H3,(H2,25,29)(H,27,30). The van der Waals surface area contributed by atoms with Crippen LogP contribution in [0, 0.1) is 0 Å². The second-order valence-corrected chi connectivity index (χ2v) is 11.5. The molecule has 2 atom stereocenters. The molecule has 2 aromatic rings. The van der Waals surface area contributed by atoms with Gasteiger partial charge in [-0.25, -0.2) is 13.4 Å². The summed E-state index contributed by atoms with van der Waals surface area (Å²) in [5, 5.41) is 3.18. The van der Waals surface area contributed by atoms with Crippen molar-refractivity contribution in [2.45, 2.75) is 68.2 Å². The molecule has 10 heteroatoms. The molecule has 2 fully saturated rings. The molecule has 3 heterocycles. The van der Waals surface area contributed by atoms with Gasteiger partial charge in [0.2, 0.25) is 0 Å². The summed E-state index contributed by atoms with van der Waals surface area (Å²) in [7, 11) is -3.54. The number of anilines is 1. The van der Waals surface area contributed by atoms with E-state index in [0.29, 0.717) is 24.2 Å². The largest absolute Gasteiger partial charge is 0.477 e. The molecule has 3 N–H and O–H groups in total. The zero-order valence-electron chi connectivity index (χ0n) is 19.6. The van der Waals surface area contributed by atoms with E-state index >= 15 is 0 Å². The molecule has 0 spiro atoms. The van der Waals surface area contributed by atoms with Crippen molar-refractivity contribution in [2.24, 2.45) is 5.73 Å². The third kappa shape index (κ3) is 4.34. The molecule has 2 bridgehead atoms. The van der Waals surface area contributed by atoms with Crippen molar-refractivity contribution in [3.63, 3.8) is 0 Å². The van der Waals surface area contributed by atoms with Crippen molar-refractivity contribution in [3.05, 3.63) is 48.2 Å². The topological polar surface area (TPSA) is 132 Å². The SMILES string of the molecule is CC(C)(Oc1ccccc1S(C)(=O)=O)C(=O)NC12CCCC(CC1)N2c1ncccc1C(N)=O. The van der Waals surface area contributed by atoms with Crippen molar-refractivity contribution < 1.29 is 22.7 Å². The minimum absolute atomic E-state index is 0.0221. The molecular formula is C24H30N4O5S. The molecule has 1 aromatic carbocycles. The number of para-hydroxylation sites is 1. The summed E-state index contributed by atoms with van der Waals surface area (Å²) in [6.45, 7) is 3.21. The number of nitrogens with one attached hydrogen (secondary N) is 1. The highest BCUT2D eigenvalue weighted by Crippen LogP contribution is 2.45. The Morgan fingerprint density at radius 2 is 1.91 bits per heavy atom. The second kappa shape index (κ2) is 8.57. The zero-order chi connectivity index (χ0) is 24.7. The molecule has 0 aliphatic carbocycles. The molecule has 1 aromatic heterocycles. The maximum Gasteiger partial charge on any atom is 0.265 e. The van der Waals surface area contributed by atoms with E-state index in [9.17, 15) is 18.0 Å². The zero-order valence-corrected chi connectivity index (χ0v) is 20.4.